The Hall–Kier alpha value is -1.93. The number of amides is 2. The Labute approximate surface area is 151 Å². The van der Waals surface area contributed by atoms with Crippen LogP contribution >= 0.6 is 11.3 Å². The number of anilines is 1. The number of nitrogens with two attached hydrogens (primary N) is 1. The predicted molar refractivity (Wildman–Crippen MR) is 95.8 cm³/mol. The van der Waals surface area contributed by atoms with Gasteiger partial charge in [-0.25, -0.2) is 4.79 Å². The standard InChI is InChI=1S/C17H25N3O4S/c1-4-24-17(23)15-11-6-5-10(2)7-12(11)25-16(15)20-14(22)9-19-8-13(21)18-3/h10,19H,4-9H2,1-3H3,(H,18,21)(H,20,22)/p+1/t10-/m0/s1. The summed E-state index contributed by atoms with van der Waals surface area (Å²) in [7, 11) is 1.55. The Morgan fingerprint density at radius 3 is 2.68 bits per heavy atom. The van der Waals surface area contributed by atoms with E-state index in [9.17, 15) is 14.4 Å². The molecule has 0 fully saturated rings. The van der Waals surface area contributed by atoms with Gasteiger partial charge in [0, 0.05) is 11.9 Å². The monoisotopic (exact) mass is 368 g/mol. The van der Waals surface area contributed by atoms with Gasteiger partial charge in [-0.1, -0.05) is 6.92 Å². The van der Waals surface area contributed by atoms with Crippen LogP contribution in [0.25, 0.3) is 0 Å². The molecule has 2 amide bonds. The largest absolute Gasteiger partial charge is 0.462 e. The molecule has 1 atom stereocenters. The molecular formula is C17H26N3O4S+. The molecular weight excluding hydrogens is 342 g/mol. The van der Waals surface area contributed by atoms with Crippen LogP contribution in [-0.4, -0.2) is 44.5 Å². The molecule has 7 nitrogen and oxygen atoms in total. The average Bonchev–Trinajstić information content (AvgIpc) is 2.91. The van der Waals surface area contributed by atoms with Crippen LogP contribution in [0.5, 0.6) is 0 Å². The molecule has 0 aromatic carbocycles. The molecule has 25 heavy (non-hydrogen) atoms. The van der Waals surface area contributed by atoms with Crippen LogP contribution < -0.4 is 16.0 Å². The number of carbonyl (C=O) groups is 3. The second-order valence-corrected chi connectivity index (χ2v) is 7.30. The highest BCUT2D eigenvalue weighted by atomic mass is 32.1. The number of ether oxygens (including phenoxy) is 1. The molecule has 4 N–H and O–H groups in total. The normalized spacial score (nSPS) is 16.0. The molecule has 0 spiro atoms. The molecule has 0 saturated heterocycles. The summed E-state index contributed by atoms with van der Waals surface area (Å²) in [6.07, 6.45) is 2.79. The highest BCUT2D eigenvalue weighted by molar-refractivity contribution is 7.17. The van der Waals surface area contributed by atoms with Crippen molar-refractivity contribution in [3.63, 3.8) is 0 Å². The number of hydrogen-bond acceptors (Lipinski definition) is 5. The number of likely N-dealkylation sites (N-methyl/N-ethyl adjacent to an activating group) is 1. The van der Waals surface area contributed by atoms with Gasteiger partial charge in [0.25, 0.3) is 11.8 Å². The van der Waals surface area contributed by atoms with Gasteiger partial charge in [-0.3, -0.25) is 9.59 Å². The van der Waals surface area contributed by atoms with Crippen molar-refractivity contribution in [2.45, 2.75) is 33.1 Å². The maximum Gasteiger partial charge on any atom is 0.341 e. The number of fused-ring (bicyclic) bond motifs is 1. The van der Waals surface area contributed by atoms with Crippen molar-refractivity contribution in [1.29, 1.82) is 0 Å². The SMILES string of the molecule is CCOC(=O)c1c(NC(=O)C[NH2+]CC(=O)NC)sc2c1CC[C@H](C)C2. The Morgan fingerprint density at radius 1 is 1.28 bits per heavy atom. The summed E-state index contributed by atoms with van der Waals surface area (Å²) < 4.78 is 5.18. The maximum atomic E-state index is 12.4. The second kappa shape index (κ2) is 8.96. The van der Waals surface area contributed by atoms with Gasteiger partial charge < -0.3 is 20.7 Å². The van der Waals surface area contributed by atoms with Gasteiger partial charge in [-0.05, 0) is 37.7 Å². The third-order valence-electron chi connectivity index (χ3n) is 4.18. The fourth-order valence-electron chi connectivity index (χ4n) is 2.87. The summed E-state index contributed by atoms with van der Waals surface area (Å²) in [5.41, 5.74) is 1.53. The lowest BCUT2D eigenvalue weighted by atomic mass is 9.88. The van der Waals surface area contributed by atoms with Crippen molar-refractivity contribution >= 4 is 34.1 Å². The Kier molecular flexibility index (Phi) is 6.95. The molecule has 138 valence electrons. The average molecular weight is 368 g/mol. The van der Waals surface area contributed by atoms with Crippen LogP contribution in [0.1, 0.15) is 41.1 Å². The predicted octanol–water partition coefficient (Wildman–Crippen LogP) is 0.298. The summed E-state index contributed by atoms with van der Waals surface area (Å²) in [5, 5.41) is 7.52. The highest BCUT2D eigenvalue weighted by Crippen LogP contribution is 2.40. The van der Waals surface area contributed by atoms with Crippen LogP contribution in [0.2, 0.25) is 0 Å². The van der Waals surface area contributed by atoms with Gasteiger partial charge in [0.1, 0.15) is 5.00 Å². The van der Waals surface area contributed by atoms with Gasteiger partial charge >= 0.3 is 5.97 Å². The third kappa shape index (κ3) is 5.02. The first-order valence-corrected chi connectivity index (χ1v) is 9.41. The lowest BCUT2D eigenvalue weighted by molar-refractivity contribution is -0.632. The minimum atomic E-state index is -0.376. The van der Waals surface area contributed by atoms with E-state index >= 15 is 0 Å². The first-order chi connectivity index (χ1) is 12.0. The van der Waals surface area contributed by atoms with Crippen LogP contribution in [0.4, 0.5) is 5.00 Å². The first-order valence-electron chi connectivity index (χ1n) is 8.60. The topological polar surface area (TPSA) is 101 Å². The van der Waals surface area contributed by atoms with Crippen molar-refractivity contribution < 1.29 is 24.4 Å². The van der Waals surface area contributed by atoms with Gasteiger partial charge in [0.05, 0.1) is 12.2 Å². The van der Waals surface area contributed by atoms with E-state index in [0.717, 1.165) is 29.7 Å². The summed E-state index contributed by atoms with van der Waals surface area (Å²) in [5.74, 6) is -0.175. The smallest absolute Gasteiger partial charge is 0.341 e. The number of rotatable bonds is 7. The van der Waals surface area contributed by atoms with E-state index in [2.05, 4.69) is 17.6 Å². The molecule has 0 saturated carbocycles. The number of nitrogens with one attached hydrogen (secondary N) is 2. The van der Waals surface area contributed by atoms with Gasteiger partial charge in [-0.15, -0.1) is 11.3 Å². The van der Waals surface area contributed by atoms with E-state index in [-0.39, 0.29) is 30.9 Å². The van der Waals surface area contributed by atoms with Crippen molar-refractivity contribution in [1.82, 2.24) is 5.32 Å². The summed E-state index contributed by atoms with van der Waals surface area (Å²) in [6, 6.07) is 0. The van der Waals surface area contributed by atoms with Gasteiger partial charge in [0.2, 0.25) is 0 Å². The molecule has 1 aromatic rings. The van der Waals surface area contributed by atoms with E-state index in [4.69, 9.17) is 4.74 Å². The molecule has 1 aliphatic carbocycles. The zero-order valence-electron chi connectivity index (χ0n) is 14.9. The molecule has 0 bridgehead atoms. The van der Waals surface area contributed by atoms with Crippen LogP contribution in [0.15, 0.2) is 0 Å². The van der Waals surface area contributed by atoms with Crippen molar-refractivity contribution in [3.05, 3.63) is 16.0 Å². The molecule has 1 aliphatic rings. The Balaban J connectivity index is 2.12. The van der Waals surface area contributed by atoms with E-state index in [0.29, 0.717) is 23.1 Å². The Bertz CT molecular complexity index is 657. The zero-order chi connectivity index (χ0) is 18.4. The molecule has 1 heterocycles. The van der Waals surface area contributed by atoms with Crippen LogP contribution in [0, 0.1) is 5.92 Å². The number of esters is 1. The van der Waals surface area contributed by atoms with E-state index in [1.54, 1.807) is 19.3 Å². The maximum absolute atomic E-state index is 12.4. The fourth-order valence-corrected chi connectivity index (χ4v) is 4.29. The zero-order valence-corrected chi connectivity index (χ0v) is 15.8. The van der Waals surface area contributed by atoms with Gasteiger partial charge in [-0.2, -0.15) is 0 Å². The van der Waals surface area contributed by atoms with E-state index in [1.807, 2.05) is 0 Å². The lowest BCUT2D eigenvalue weighted by Gasteiger charge is -2.18. The summed E-state index contributed by atoms with van der Waals surface area (Å²) in [6.45, 7) is 4.57. The quantitative estimate of drug-likeness (QED) is 0.603. The van der Waals surface area contributed by atoms with Crippen LogP contribution in [-0.2, 0) is 27.2 Å². The minimum Gasteiger partial charge on any atom is -0.462 e. The van der Waals surface area contributed by atoms with Crippen molar-refractivity contribution in [2.24, 2.45) is 5.92 Å². The molecule has 8 heteroatoms. The van der Waals surface area contributed by atoms with Crippen LogP contribution in [0.3, 0.4) is 0 Å². The Morgan fingerprint density at radius 2 is 2.00 bits per heavy atom. The van der Waals surface area contributed by atoms with E-state index < -0.39 is 0 Å². The summed E-state index contributed by atoms with van der Waals surface area (Å²) in [4.78, 5) is 36.9. The fraction of sp³-hybridized carbons (Fsp3) is 0.588. The number of carbonyl (C=O) groups excluding carboxylic acids is 3. The summed E-state index contributed by atoms with van der Waals surface area (Å²) >= 11 is 1.47. The minimum absolute atomic E-state index is 0.120. The number of quaternary nitrogens is 1. The molecule has 0 unspecified atom stereocenters. The van der Waals surface area contributed by atoms with Gasteiger partial charge in [0.15, 0.2) is 13.1 Å². The molecule has 1 aromatic heterocycles. The third-order valence-corrected chi connectivity index (χ3v) is 5.35. The van der Waals surface area contributed by atoms with Crippen molar-refractivity contribution in [3.8, 4) is 0 Å². The molecule has 0 aliphatic heterocycles. The van der Waals surface area contributed by atoms with E-state index in [1.165, 1.54) is 11.3 Å². The number of hydrogen-bond donors (Lipinski definition) is 3. The number of thiophene rings is 1. The second-order valence-electron chi connectivity index (χ2n) is 6.19. The highest BCUT2D eigenvalue weighted by Gasteiger charge is 2.29. The molecule has 2 rings (SSSR count). The van der Waals surface area contributed by atoms with Crippen molar-refractivity contribution in [2.75, 3.05) is 32.1 Å². The molecule has 0 radical (unpaired) electrons. The lowest BCUT2D eigenvalue weighted by Crippen LogP contribution is -2.88. The first kappa shape index (κ1) is 19.4.